The van der Waals surface area contributed by atoms with E-state index in [0.29, 0.717) is 0 Å². The van der Waals surface area contributed by atoms with Crippen LogP contribution in [0.25, 0.3) is 0 Å². The van der Waals surface area contributed by atoms with Crippen LogP contribution in [-0.4, -0.2) is 49.6 Å². The topological polar surface area (TPSA) is 30.3 Å². The Labute approximate surface area is 100 Å². The van der Waals surface area contributed by atoms with E-state index in [1.165, 1.54) is 45.6 Å². The minimum absolute atomic E-state index is 0.137. The van der Waals surface area contributed by atoms with E-state index in [0.717, 1.165) is 6.42 Å². The minimum atomic E-state index is -0.137. The number of unbranched alkanes of at least 4 members (excludes halogenated alkanes) is 1. The molecule has 1 aliphatic rings. The molecule has 1 fully saturated rings. The molecule has 92 valence electrons. The molecular formula is C13H25N3. The third-order valence-corrected chi connectivity index (χ3v) is 3.42. The number of piperazine rings is 1. The maximum absolute atomic E-state index is 8.91. The fourth-order valence-electron chi connectivity index (χ4n) is 2.03. The number of likely N-dealkylation sites (N-methyl/N-ethyl adjacent to an activating group) is 1. The van der Waals surface area contributed by atoms with Crippen LogP contribution in [0, 0.1) is 16.7 Å². The van der Waals surface area contributed by atoms with Gasteiger partial charge in [-0.1, -0.05) is 6.42 Å². The summed E-state index contributed by atoms with van der Waals surface area (Å²) in [7, 11) is 2.19. The molecule has 0 aromatic rings. The lowest BCUT2D eigenvalue weighted by atomic mass is 9.89. The molecule has 0 amide bonds. The first-order valence-corrected chi connectivity index (χ1v) is 6.36. The van der Waals surface area contributed by atoms with Crippen LogP contribution in [-0.2, 0) is 0 Å². The third kappa shape index (κ3) is 4.96. The van der Waals surface area contributed by atoms with Crippen LogP contribution in [0.2, 0.25) is 0 Å². The maximum atomic E-state index is 8.91. The van der Waals surface area contributed by atoms with Gasteiger partial charge in [-0.25, -0.2) is 0 Å². The van der Waals surface area contributed by atoms with Crippen LogP contribution in [0.3, 0.4) is 0 Å². The van der Waals surface area contributed by atoms with Crippen molar-refractivity contribution in [2.75, 3.05) is 39.8 Å². The summed E-state index contributed by atoms with van der Waals surface area (Å²) in [5.74, 6) is 0. The maximum Gasteiger partial charge on any atom is 0.0683 e. The molecule has 0 aromatic carbocycles. The molecule has 0 spiro atoms. The smallest absolute Gasteiger partial charge is 0.0683 e. The highest BCUT2D eigenvalue weighted by Crippen LogP contribution is 2.21. The van der Waals surface area contributed by atoms with E-state index < -0.39 is 0 Å². The molecule has 0 saturated carbocycles. The van der Waals surface area contributed by atoms with Gasteiger partial charge >= 0.3 is 0 Å². The van der Waals surface area contributed by atoms with Gasteiger partial charge in [0.2, 0.25) is 0 Å². The first kappa shape index (κ1) is 13.5. The van der Waals surface area contributed by atoms with Gasteiger partial charge in [0.05, 0.1) is 11.5 Å². The lowest BCUT2D eigenvalue weighted by Crippen LogP contribution is -2.44. The Bertz CT molecular complexity index is 234. The van der Waals surface area contributed by atoms with Crippen molar-refractivity contribution >= 4 is 0 Å². The summed E-state index contributed by atoms with van der Waals surface area (Å²) in [5.41, 5.74) is -0.137. The highest BCUT2D eigenvalue weighted by Gasteiger charge is 2.17. The summed E-state index contributed by atoms with van der Waals surface area (Å²) in [6.45, 7) is 10.1. The van der Waals surface area contributed by atoms with Gasteiger partial charge in [0, 0.05) is 26.2 Å². The van der Waals surface area contributed by atoms with Crippen LogP contribution in [0.5, 0.6) is 0 Å². The summed E-state index contributed by atoms with van der Waals surface area (Å²) in [5, 5.41) is 8.91. The number of nitrogens with zero attached hydrogens (tertiary/aromatic N) is 3. The van der Waals surface area contributed by atoms with Crippen molar-refractivity contribution in [3.63, 3.8) is 0 Å². The summed E-state index contributed by atoms with van der Waals surface area (Å²) in [4.78, 5) is 4.93. The van der Waals surface area contributed by atoms with E-state index in [4.69, 9.17) is 5.26 Å². The zero-order valence-corrected chi connectivity index (χ0v) is 11.0. The molecule has 0 aliphatic carbocycles. The standard InChI is InChI=1S/C13H25N3/c1-13(2,12-14)6-4-5-7-16-10-8-15(3)9-11-16/h4-11H2,1-3H3. The molecule has 0 unspecified atom stereocenters. The summed E-state index contributed by atoms with van der Waals surface area (Å²) >= 11 is 0. The van der Waals surface area contributed by atoms with Gasteiger partial charge in [0.25, 0.3) is 0 Å². The van der Waals surface area contributed by atoms with Crippen LogP contribution >= 0.6 is 0 Å². The molecule has 3 nitrogen and oxygen atoms in total. The average Bonchev–Trinajstić information content (AvgIpc) is 2.27. The molecule has 1 heterocycles. The molecule has 16 heavy (non-hydrogen) atoms. The Kier molecular flexibility index (Phi) is 5.24. The highest BCUT2D eigenvalue weighted by atomic mass is 15.2. The quantitative estimate of drug-likeness (QED) is 0.667. The number of rotatable bonds is 5. The average molecular weight is 223 g/mol. The van der Waals surface area contributed by atoms with Crippen molar-refractivity contribution in [1.29, 1.82) is 5.26 Å². The lowest BCUT2D eigenvalue weighted by molar-refractivity contribution is 0.151. The molecule has 1 saturated heterocycles. The van der Waals surface area contributed by atoms with Crippen molar-refractivity contribution in [1.82, 2.24) is 9.80 Å². The monoisotopic (exact) mass is 223 g/mol. The number of hydrogen-bond acceptors (Lipinski definition) is 3. The SMILES string of the molecule is CN1CCN(CCCCC(C)(C)C#N)CC1. The second-order valence-electron chi connectivity index (χ2n) is 5.60. The predicted octanol–water partition coefficient (Wildman–Crippen LogP) is 1.95. The van der Waals surface area contributed by atoms with E-state index >= 15 is 0 Å². The molecule has 0 bridgehead atoms. The summed E-state index contributed by atoms with van der Waals surface area (Å²) in [6, 6.07) is 2.37. The van der Waals surface area contributed by atoms with Gasteiger partial charge in [-0.05, 0) is 40.3 Å². The Hall–Kier alpha value is -0.590. The fraction of sp³-hybridized carbons (Fsp3) is 0.923. The van der Waals surface area contributed by atoms with Gasteiger partial charge in [-0.15, -0.1) is 0 Å². The first-order chi connectivity index (χ1) is 7.53. The summed E-state index contributed by atoms with van der Waals surface area (Å²) < 4.78 is 0. The molecule has 0 N–H and O–H groups in total. The van der Waals surface area contributed by atoms with Crippen LogP contribution in [0.1, 0.15) is 33.1 Å². The molecular weight excluding hydrogens is 198 g/mol. The van der Waals surface area contributed by atoms with E-state index in [2.05, 4.69) is 22.9 Å². The van der Waals surface area contributed by atoms with Gasteiger partial charge in [0.15, 0.2) is 0 Å². The van der Waals surface area contributed by atoms with Crippen molar-refractivity contribution in [3.05, 3.63) is 0 Å². The van der Waals surface area contributed by atoms with Crippen molar-refractivity contribution < 1.29 is 0 Å². The lowest BCUT2D eigenvalue weighted by Gasteiger charge is -2.32. The van der Waals surface area contributed by atoms with Gasteiger partial charge in [0.1, 0.15) is 0 Å². The minimum Gasteiger partial charge on any atom is -0.304 e. The Morgan fingerprint density at radius 3 is 2.31 bits per heavy atom. The van der Waals surface area contributed by atoms with E-state index in [1.54, 1.807) is 0 Å². The van der Waals surface area contributed by atoms with E-state index in [1.807, 2.05) is 13.8 Å². The second kappa shape index (κ2) is 6.22. The highest BCUT2D eigenvalue weighted by molar-refractivity contribution is 4.91. The normalized spacial score (nSPS) is 19.6. The van der Waals surface area contributed by atoms with E-state index in [9.17, 15) is 0 Å². The van der Waals surface area contributed by atoms with Crippen LogP contribution in [0.15, 0.2) is 0 Å². The first-order valence-electron chi connectivity index (χ1n) is 6.36. The van der Waals surface area contributed by atoms with Crippen molar-refractivity contribution in [2.24, 2.45) is 5.41 Å². The Morgan fingerprint density at radius 2 is 1.75 bits per heavy atom. The zero-order chi connectivity index (χ0) is 12.0. The third-order valence-electron chi connectivity index (χ3n) is 3.42. The van der Waals surface area contributed by atoms with Gasteiger partial charge in [-0.3, -0.25) is 0 Å². The Balaban J connectivity index is 2.06. The van der Waals surface area contributed by atoms with Gasteiger partial charge < -0.3 is 9.80 Å². The van der Waals surface area contributed by atoms with Crippen molar-refractivity contribution in [3.8, 4) is 6.07 Å². The number of hydrogen-bond donors (Lipinski definition) is 0. The fourth-order valence-corrected chi connectivity index (χ4v) is 2.03. The summed E-state index contributed by atoms with van der Waals surface area (Å²) in [6.07, 6.45) is 3.43. The zero-order valence-electron chi connectivity index (χ0n) is 11.0. The Morgan fingerprint density at radius 1 is 1.12 bits per heavy atom. The molecule has 1 rings (SSSR count). The molecule has 3 heteroatoms. The molecule has 0 aromatic heterocycles. The second-order valence-corrected chi connectivity index (χ2v) is 5.60. The van der Waals surface area contributed by atoms with E-state index in [-0.39, 0.29) is 5.41 Å². The molecule has 0 atom stereocenters. The van der Waals surface area contributed by atoms with Gasteiger partial charge in [-0.2, -0.15) is 5.26 Å². The van der Waals surface area contributed by atoms with Crippen LogP contribution in [0.4, 0.5) is 0 Å². The van der Waals surface area contributed by atoms with Crippen LogP contribution < -0.4 is 0 Å². The molecule has 1 aliphatic heterocycles. The number of nitriles is 1. The van der Waals surface area contributed by atoms with Crippen molar-refractivity contribution in [2.45, 2.75) is 33.1 Å². The largest absolute Gasteiger partial charge is 0.304 e. The predicted molar refractivity (Wildman–Crippen MR) is 67.2 cm³/mol. The molecule has 0 radical (unpaired) electrons.